The molecule has 3 heteroatoms. The van der Waals surface area contributed by atoms with Gasteiger partial charge < -0.3 is 0 Å². The molecule has 4 rings (SSSR count). The van der Waals surface area contributed by atoms with Gasteiger partial charge in [-0.15, -0.1) is 0 Å². The Hall–Kier alpha value is -2.94. The van der Waals surface area contributed by atoms with Crippen molar-refractivity contribution in [3.05, 3.63) is 102 Å². The summed E-state index contributed by atoms with van der Waals surface area (Å²) in [6, 6.07) is 27.0. The number of halogens is 1. The van der Waals surface area contributed by atoms with Gasteiger partial charge in [0.05, 0.1) is 17.4 Å². The maximum atomic E-state index is 14.3. The van der Waals surface area contributed by atoms with Crippen LogP contribution in [0, 0.1) is 5.82 Å². The molecular weight excluding hydrogens is 299 g/mol. The molecule has 1 aliphatic heterocycles. The van der Waals surface area contributed by atoms with Crippen molar-refractivity contribution < 1.29 is 4.39 Å². The van der Waals surface area contributed by atoms with Gasteiger partial charge >= 0.3 is 0 Å². The number of nitrogens with zero attached hydrogens (tertiary/aromatic N) is 2. The smallest absolute Gasteiger partial charge is 0.148 e. The van der Waals surface area contributed by atoms with Gasteiger partial charge in [-0.1, -0.05) is 72.8 Å². The second kappa shape index (κ2) is 6.28. The number of hydrazone groups is 1. The zero-order valence-corrected chi connectivity index (χ0v) is 13.1. The Labute approximate surface area is 140 Å². The summed E-state index contributed by atoms with van der Waals surface area (Å²) in [5.74, 6) is -0.253. The van der Waals surface area contributed by atoms with Crippen LogP contribution in [0.2, 0.25) is 0 Å². The Balaban J connectivity index is 1.79. The van der Waals surface area contributed by atoms with E-state index >= 15 is 0 Å². The minimum Gasteiger partial charge on any atom is -0.254 e. The molecule has 0 amide bonds. The maximum absolute atomic E-state index is 14.3. The first-order chi connectivity index (χ1) is 11.8. The van der Waals surface area contributed by atoms with Crippen LogP contribution < -0.4 is 5.01 Å². The summed E-state index contributed by atoms with van der Waals surface area (Å²) in [5.41, 5.74) is 3.71. The minimum atomic E-state index is -0.253. The Morgan fingerprint density at radius 3 is 2.12 bits per heavy atom. The molecule has 1 aliphatic rings. The van der Waals surface area contributed by atoms with Crippen LogP contribution >= 0.6 is 0 Å². The molecule has 118 valence electrons. The van der Waals surface area contributed by atoms with Crippen LogP contribution in [0.15, 0.2) is 90.0 Å². The lowest BCUT2D eigenvalue weighted by Gasteiger charge is -2.24. The first-order valence-electron chi connectivity index (χ1n) is 8.04. The van der Waals surface area contributed by atoms with E-state index in [0.29, 0.717) is 5.69 Å². The number of para-hydroxylation sites is 1. The van der Waals surface area contributed by atoms with Gasteiger partial charge in [-0.2, -0.15) is 5.10 Å². The molecule has 0 radical (unpaired) electrons. The summed E-state index contributed by atoms with van der Waals surface area (Å²) in [5, 5.41) is 6.57. The van der Waals surface area contributed by atoms with Crippen LogP contribution in [-0.2, 0) is 0 Å². The molecule has 0 aromatic heterocycles. The van der Waals surface area contributed by atoms with Gasteiger partial charge in [-0.3, -0.25) is 5.01 Å². The molecule has 0 aliphatic carbocycles. The van der Waals surface area contributed by atoms with Crippen molar-refractivity contribution in [2.24, 2.45) is 5.10 Å². The molecule has 3 aromatic carbocycles. The van der Waals surface area contributed by atoms with E-state index in [1.165, 1.54) is 6.07 Å². The van der Waals surface area contributed by atoms with Crippen molar-refractivity contribution in [3.8, 4) is 0 Å². The first kappa shape index (κ1) is 14.6. The van der Waals surface area contributed by atoms with E-state index in [9.17, 15) is 4.39 Å². The molecule has 0 unspecified atom stereocenters. The molecule has 0 saturated carbocycles. The van der Waals surface area contributed by atoms with E-state index < -0.39 is 0 Å². The third kappa shape index (κ3) is 2.69. The Kier molecular flexibility index (Phi) is 3.83. The van der Waals surface area contributed by atoms with E-state index in [2.05, 4.69) is 12.1 Å². The van der Waals surface area contributed by atoms with Gasteiger partial charge in [0.1, 0.15) is 5.82 Å². The molecule has 24 heavy (non-hydrogen) atoms. The number of benzene rings is 3. The minimum absolute atomic E-state index is 0.00157. The number of hydrogen-bond donors (Lipinski definition) is 0. The molecule has 3 aromatic rings. The lowest BCUT2D eigenvalue weighted by molar-refractivity contribution is 0.606. The summed E-state index contributed by atoms with van der Waals surface area (Å²) in [4.78, 5) is 0. The van der Waals surface area contributed by atoms with Gasteiger partial charge in [-0.05, 0) is 23.3 Å². The summed E-state index contributed by atoms with van der Waals surface area (Å²) in [6.07, 6.45) is 0.752. The molecule has 0 N–H and O–H groups in total. The largest absolute Gasteiger partial charge is 0.254 e. The zero-order valence-electron chi connectivity index (χ0n) is 13.1. The average Bonchev–Trinajstić information content (AvgIpc) is 3.09. The van der Waals surface area contributed by atoms with Gasteiger partial charge in [-0.25, -0.2) is 4.39 Å². The van der Waals surface area contributed by atoms with Crippen LogP contribution in [0.25, 0.3) is 0 Å². The molecule has 0 saturated heterocycles. The number of anilines is 1. The summed E-state index contributed by atoms with van der Waals surface area (Å²) in [7, 11) is 0. The highest BCUT2D eigenvalue weighted by molar-refractivity contribution is 6.03. The topological polar surface area (TPSA) is 15.6 Å². The fourth-order valence-corrected chi connectivity index (χ4v) is 3.11. The standard InChI is InChI=1S/C21H17FN2/c22-18-13-7-8-14-20(18)24-21(17-11-5-2-6-12-17)15-19(23-24)16-9-3-1-4-10-16/h1-14,21H,15H2/t21-/m0/s1. The van der Waals surface area contributed by atoms with E-state index in [0.717, 1.165) is 23.3 Å². The van der Waals surface area contributed by atoms with Gasteiger partial charge in [0.2, 0.25) is 0 Å². The van der Waals surface area contributed by atoms with E-state index in [4.69, 9.17) is 5.10 Å². The van der Waals surface area contributed by atoms with Crippen LogP contribution in [0.1, 0.15) is 23.6 Å². The molecule has 0 bridgehead atoms. The summed E-state index contributed by atoms with van der Waals surface area (Å²) < 4.78 is 14.3. The van der Waals surface area contributed by atoms with Crippen molar-refractivity contribution in [1.82, 2.24) is 0 Å². The molecule has 0 spiro atoms. The van der Waals surface area contributed by atoms with Crippen LogP contribution in [0.5, 0.6) is 0 Å². The lowest BCUT2D eigenvalue weighted by atomic mass is 9.98. The summed E-state index contributed by atoms with van der Waals surface area (Å²) in [6.45, 7) is 0. The SMILES string of the molecule is Fc1ccccc1N1N=C(c2ccccc2)C[C@H]1c1ccccc1. The van der Waals surface area contributed by atoms with Crippen molar-refractivity contribution in [2.75, 3.05) is 5.01 Å². The van der Waals surface area contributed by atoms with E-state index in [1.54, 1.807) is 12.1 Å². The quantitative estimate of drug-likeness (QED) is 0.650. The van der Waals surface area contributed by atoms with Crippen LogP contribution in [0.3, 0.4) is 0 Å². The predicted octanol–water partition coefficient (Wildman–Crippen LogP) is 5.18. The zero-order chi connectivity index (χ0) is 16.4. The van der Waals surface area contributed by atoms with E-state index in [1.807, 2.05) is 59.6 Å². The van der Waals surface area contributed by atoms with Crippen LogP contribution in [0.4, 0.5) is 10.1 Å². The lowest BCUT2D eigenvalue weighted by Crippen LogP contribution is -2.19. The predicted molar refractivity (Wildman–Crippen MR) is 95.7 cm³/mol. The van der Waals surface area contributed by atoms with Crippen LogP contribution in [-0.4, -0.2) is 5.71 Å². The Bertz CT molecular complexity index is 859. The van der Waals surface area contributed by atoms with Crippen molar-refractivity contribution >= 4 is 11.4 Å². The van der Waals surface area contributed by atoms with Crippen molar-refractivity contribution in [2.45, 2.75) is 12.5 Å². The number of hydrogen-bond acceptors (Lipinski definition) is 2. The molecule has 1 heterocycles. The van der Waals surface area contributed by atoms with Crippen molar-refractivity contribution in [3.63, 3.8) is 0 Å². The molecular formula is C21H17FN2. The van der Waals surface area contributed by atoms with Crippen molar-refractivity contribution in [1.29, 1.82) is 0 Å². The Morgan fingerprint density at radius 2 is 1.42 bits per heavy atom. The van der Waals surface area contributed by atoms with E-state index in [-0.39, 0.29) is 11.9 Å². The summed E-state index contributed by atoms with van der Waals surface area (Å²) >= 11 is 0. The Morgan fingerprint density at radius 1 is 0.792 bits per heavy atom. The monoisotopic (exact) mass is 316 g/mol. The highest BCUT2D eigenvalue weighted by atomic mass is 19.1. The first-order valence-corrected chi connectivity index (χ1v) is 8.04. The third-order valence-electron chi connectivity index (χ3n) is 4.30. The molecule has 2 nitrogen and oxygen atoms in total. The fourth-order valence-electron chi connectivity index (χ4n) is 3.11. The average molecular weight is 316 g/mol. The second-order valence-electron chi connectivity index (χ2n) is 5.84. The number of rotatable bonds is 3. The van der Waals surface area contributed by atoms with Gasteiger partial charge in [0.25, 0.3) is 0 Å². The normalized spacial score (nSPS) is 17.0. The van der Waals surface area contributed by atoms with Gasteiger partial charge in [0.15, 0.2) is 0 Å². The fraction of sp³-hybridized carbons (Fsp3) is 0.0952. The third-order valence-corrected chi connectivity index (χ3v) is 4.30. The molecule has 0 fully saturated rings. The second-order valence-corrected chi connectivity index (χ2v) is 5.84. The maximum Gasteiger partial charge on any atom is 0.148 e. The van der Waals surface area contributed by atoms with Gasteiger partial charge in [0, 0.05) is 6.42 Å². The highest BCUT2D eigenvalue weighted by Crippen LogP contribution is 2.37. The molecule has 1 atom stereocenters. The highest BCUT2D eigenvalue weighted by Gasteiger charge is 2.30.